The van der Waals surface area contributed by atoms with Crippen molar-refractivity contribution in [2.45, 2.75) is 0 Å². The molecular weight excluding hydrogens is 260 g/mol. The number of ether oxygens (including phenoxy) is 1. The maximum absolute atomic E-state index is 5.72. The van der Waals surface area contributed by atoms with Gasteiger partial charge in [-0.25, -0.2) is 0 Å². The standard InChI is InChI=1S/C14H11N2O2S/c1-2-10-4-5-13(18-12(10)3-1)17-8-11-9-19-14-15-6-7-16(11)14/h2-5,9H,6-8H2. The topological polar surface area (TPSA) is 38.0 Å². The van der Waals surface area contributed by atoms with Crippen molar-refractivity contribution in [2.75, 3.05) is 19.7 Å². The zero-order chi connectivity index (χ0) is 12.7. The van der Waals surface area contributed by atoms with Crippen molar-refractivity contribution in [3.05, 3.63) is 41.4 Å². The Morgan fingerprint density at radius 3 is 3.42 bits per heavy atom. The van der Waals surface area contributed by atoms with E-state index in [4.69, 9.17) is 9.15 Å². The van der Waals surface area contributed by atoms with Crippen molar-refractivity contribution < 1.29 is 9.15 Å². The number of amidine groups is 1. The minimum absolute atomic E-state index is 0.505. The molecule has 95 valence electrons. The van der Waals surface area contributed by atoms with E-state index in [0.717, 1.165) is 35.3 Å². The summed E-state index contributed by atoms with van der Waals surface area (Å²) < 4.78 is 11.4. The van der Waals surface area contributed by atoms with Crippen LogP contribution >= 0.6 is 11.8 Å². The molecule has 4 nitrogen and oxygen atoms in total. The number of rotatable bonds is 3. The quantitative estimate of drug-likeness (QED) is 0.860. The van der Waals surface area contributed by atoms with E-state index in [9.17, 15) is 0 Å². The normalized spacial score (nSPS) is 17.6. The minimum atomic E-state index is 0.505. The van der Waals surface area contributed by atoms with Gasteiger partial charge in [0.05, 0.1) is 12.2 Å². The van der Waals surface area contributed by atoms with Gasteiger partial charge in [0.25, 0.3) is 5.95 Å². The molecule has 0 saturated carbocycles. The molecule has 5 heteroatoms. The van der Waals surface area contributed by atoms with Gasteiger partial charge in [0, 0.05) is 23.6 Å². The van der Waals surface area contributed by atoms with Crippen molar-refractivity contribution in [3.8, 4) is 17.3 Å². The summed E-state index contributed by atoms with van der Waals surface area (Å²) >= 11 is 1.66. The second kappa shape index (κ2) is 4.35. The van der Waals surface area contributed by atoms with Gasteiger partial charge in [-0.1, -0.05) is 11.8 Å². The summed E-state index contributed by atoms with van der Waals surface area (Å²) in [6.45, 7) is 2.33. The molecule has 0 amide bonds. The Morgan fingerprint density at radius 1 is 1.42 bits per heavy atom. The van der Waals surface area contributed by atoms with E-state index in [-0.39, 0.29) is 0 Å². The fourth-order valence-electron chi connectivity index (χ4n) is 2.19. The van der Waals surface area contributed by atoms with Gasteiger partial charge < -0.3 is 14.1 Å². The van der Waals surface area contributed by atoms with E-state index in [1.807, 2.05) is 24.3 Å². The van der Waals surface area contributed by atoms with Crippen LogP contribution in [0.2, 0.25) is 0 Å². The molecule has 0 N–H and O–H groups in total. The predicted octanol–water partition coefficient (Wildman–Crippen LogP) is 2.82. The van der Waals surface area contributed by atoms with Crippen LogP contribution in [0.1, 0.15) is 0 Å². The Labute approximate surface area is 115 Å². The Hall–Kier alpha value is -1.88. The Kier molecular flexibility index (Phi) is 2.51. The molecule has 0 unspecified atom stereocenters. The van der Waals surface area contributed by atoms with Crippen molar-refractivity contribution in [1.29, 1.82) is 0 Å². The molecule has 0 aromatic heterocycles. The van der Waals surface area contributed by atoms with Crippen LogP contribution in [0.3, 0.4) is 0 Å². The largest absolute Gasteiger partial charge is 0.459 e. The fraction of sp³-hybridized carbons (Fsp3) is 0.214. The van der Waals surface area contributed by atoms with E-state index in [2.05, 4.69) is 21.4 Å². The first-order chi connectivity index (χ1) is 9.40. The second-order valence-electron chi connectivity index (χ2n) is 4.36. The Balaban J connectivity index is 1.48. The number of hydrogen-bond donors (Lipinski definition) is 0. The average Bonchev–Trinajstić information content (AvgIpc) is 3.12. The highest BCUT2D eigenvalue weighted by molar-refractivity contribution is 8.16. The Bertz CT molecular complexity index is 647. The molecule has 0 aromatic rings. The van der Waals surface area contributed by atoms with E-state index in [1.54, 1.807) is 11.8 Å². The summed E-state index contributed by atoms with van der Waals surface area (Å²) in [6.07, 6.45) is 0. The third kappa shape index (κ3) is 1.90. The second-order valence-corrected chi connectivity index (χ2v) is 5.20. The van der Waals surface area contributed by atoms with E-state index < -0.39 is 0 Å². The highest BCUT2D eigenvalue weighted by Gasteiger charge is 2.26. The number of nitrogens with zero attached hydrogens (tertiary/aromatic N) is 2. The number of hydrogen-bond acceptors (Lipinski definition) is 5. The monoisotopic (exact) mass is 271 g/mol. The van der Waals surface area contributed by atoms with E-state index in [1.165, 1.54) is 0 Å². The van der Waals surface area contributed by atoms with E-state index in [0.29, 0.717) is 12.6 Å². The number of fused-ring (bicyclic) bond motifs is 2. The minimum Gasteiger partial charge on any atom is -0.459 e. The molecule has 4 rings (SSSR count). The molecular formula is C14H11N2O2S. The molecule has 0 atom stereocenters. The van der Waals surface area contributed by atoms with Gasteiger partial charge in [-0.05, 0) is 24.3 Å². The lowest BCUT2D eigenvalue weighted by Crippen LogP contribution is -2.24. The van der Waals surface area contributed by atoms with Gasteiger partial charge in [-0.3, -0.25) is 4.99 Å². The van der Waals surface area contributed by atoms with E-state index >= 15 is 0 Å². The van der Waals surface area contributed by atoms with Crippen LogP contribution in [0.5, 0.6) is 5.95 Å². The molecule has 3 aliphatic heterocycles. The summed E-state index contributed by atoms with van der Waals surface area (Å²) in [5, 5.41) is 3.17. The molecule has 4 aliphatic rings. The van der Waals surface area contributed by atoms with Crippen LogP contribution in [0.4, 0.5) is 0 Å². The van der Waals surface area contributed by atoms with Crippen LogP contribution < -0.4 is 4.74 Å². The predicted molar refractivity (Wildman–Crippen MR) is 74.3 cm³/mol. The molecule has 19 heavy (non-hydrogen) atoms. The van der Waals surface area contributed by atoms with Crippen molar-refractivity contribution in [1.82, 2.24) is 4.90 Å². The fourth-order valence-corrected chi connectivity index (χ4v) is 3.13. The van der Waals surface area contributed by atoms with Gasteiger partial charge in [-0.15, -0.1) is 0 Å². The maximum Gasteiger partial charge on any atom is 0.285 e. The first-order valence-corrected chi connectivity index (χ1v) is 6.98. The maximum atomic E-state index is 5.72. The third-order valence-corrected chi connectivity index (χ3v) is 4.11. The summed E-state index contributed by atoms with van der Waals surface area (Å²) in [7, 11) is 0. The highest BCUT2D eigenvalue weighted by atomic mass is 32.2. The summed E-state index contributed by atoms with van der Waals surface area (Å²) in [6, 6.07) is 10.5. The molecule has 0 saturated heterocycles. The van der Waals surface area contributed by atoms with Crippen molar-refractivity contribution in [2.24, 2.45) is 4.99 Å². The lowest BCUT2D eigenvalue weighted by atomic mass is 10.3. The first-order valence-electron chi connectivity index (χ1n) is 6.10. The van der Waals surface area contributed by atoms with Crippen molar-refractivity contribution >= 4 is 16.9 Å². The molecule has 0 fully saturated rings. The van der Waals surface area contributed by atoms with Crippen LogP contribution in [0.15, 0.2) is 44.8 Å². The summed E-state index contributed by atoms with van der Waals surface area (Å²) in [5.41, 5.74) is 2.18. The van der Waals surface area contributed by atoms with Gasteiger partial charge in [-0.2, -0.15) is 0 Å². The zero-order valence-corrected chi connectivity index (χ0v) is 10.9. The van der Waals surface area contributed by atoms with Gasteiger partial charge >= 0.3 is 0 Å². The van der Waals surface area contributed by atoms with Crippen molar-refractivity contribution in [3.63, 3.8) is 0 Å². The third-order valence-electron chi connectivity index (χ3n) is 3.16. The SMILES string of the molecule is [c]1cc2ccc(OCC3=CSC4=NCCN34)oc-2c1. The van der Waals surface area contributed by atoms with Gasteiger partial charge in [0.2, 0.25) is 0 Å². The van der Waals surface area contributed by atoms with Crippen LogP contribution in [-0.2, 0) is 0 Å². The number of thioether (sulfide) groups is 1. The zero-order valence-electron chi connectivity index (χ0n) is 10.1. The average molecular weight is 271 g/mol. The van der Waals surface area contributed by atoms with Crippen LogP contribution in [-0.4, -0.2) is 29.8 Å². The summed E-state index contributed by atoms with van der Waals surface area (Å²) in [4.78, 5) is 6.60. The number of aliphatic imine (C=N–C) groups is 1. The first kappa shape index (κ1) is 11.0. The van der Waals surface area contributed by atoms with Crippen LogP contribution in [0, 0.1) is 6.07 Å². The molecule has 1 radical (unpaired) electrons. The van der Waals surface area contributed by atoms with Gasteiger partial charge in [0.1, 0.15) is 12.4 Å². The highest BCUT2D eigenvalue weighted by Crippen LogP contribution is 2.31. The summed E-state index contributed by atoms with van der Waals surface area (Å²) in [5.74, 6) is 1.33. The molecule has 0 aromatic carbocycles. The molecule has 3 heterocycles. The molecule has 0 spiro atoms. The van der Waals surface area contributed by atoms with Crippen LogP contribution in [0.25, 0.3) is 11.3 Å². The molecule has 0 bridgehead atoms. The lowest BCUT2D eigenvalue weighted by molar-refractivity contribution is 0.248. The lowest BCUT2D eigenvalue weighted by Gasteiger charge is -2.16. The Morgan fingerprint density at radius 2 is 2.42 bits per heavy atom. The van der Waals surface area contributed by atoms with Gasteiger partial charge in [0.15, 0.2) is 5.17 Å². The smallest absolute Gasteiger partial charge is 0.285 e. The molecule has 1 aliphatic carbocycles.